The quantitative estimate of drug-likeness (QED) is 0.549. The van der Waals surface area contributed by atoms with Gasteiger partial charge in [0.2, 0.25) is 5.91 Å². The summed E-state index contributed by atoms with van der Waals surface area (Å²) in [7, 11) is 0. The van der Waals surface area contributed by atoms with Crippen molar-refractivity contribution in [3.63, 3.8) is 0 Å². The van der Waals surface area contributed by atoms with Crippen LogP contribution in [0.5, 0.6) is 0 Å². The summed E-state index contributed by atoms with van der Waals surface area (Å²) >= 11 is 0. The molecule has 2 aromatic carbocycles. The standard InChI is InChI=1S/C26H30N2O6/c1-17(14-23(29)28-26(15-24(30)31)10-12-33-13-11-26)27-25(32)34-16-22-20-8-4-2-6-18(20)19-7-3-5-9-21(19)22/h2-9,17,22H,10-16H2,1H3,(H,27,32)(H,28,29)(H,30,31)/t17-/m1/s1. The number of hydrogen-bond donors (Lipinski definition) is 3. The highest BCUT2D eigenvalue weighted by Gasteiger charge is 2.36. The normalized spacial score (nSPS) is 17.2. The van der Waals surface area contributed by atoms with Crippen LogP contribution >= 0.6 is 0 Å². The topological polar surface area (TPSA) is 114 Å². The third-order valence-electron chi connectivity index (χ3n) is 6.54. The van der Waals surface area contributed by atoms with Gasteiger partial charge in [-0.15, -0.1) is 0 Å². The molecule has 0 saturated carbocycles. The Kier molecular flexibility index (Phi) is 7.17. The lowest BCUT2D eigenvalue weighted by Crippen LogP contribution is -2.54. The monoisotopic (exact) mass is 466 g/mol. The van der Waals surface area contributed by atoms with Gasteiger partial charge in [0.25, 0.3) is 0 Å². The molecule has 2 aromatic rings. The molecule has 0 bridgehead atoms. The first-order valence-corrected chi connectivity index (χ1v) is 11.6. The van der Waals surface area contributed by atoms with Gasteiger partial charge in [-0.1, -0.05) is 48.5 Å². The van der Waals surface area contributed by atoms with Crippen molar-refractivity contribution in [2.24, 2.45) is 0 Å². The van der Waals surface area contributed by atoms with E-state index in [-0.39, 0.29) is 31.3 Å². The molecule has 0 unspecified atom stereocenters. The van der Waals surface area contributed by atoms with Gasteiger partial charge in [-0.25, -0.2) is 4.79 Å². The second kappa shape index (κ2) is 10.3. The minimum Gasteiger partial charge on any atom is -0.481 e. The lowest BCUT2D eigenvalue weighted by molar-refractivity contribution is -0.140. The number of carbonyl (C=O) groups excluding carboxylic acids is 2. The molecule has 1 aliphatic heterocycles. The number of alkyl carbamates (subject to hydrolysis) is 1. The zero-order valence-electron chi connectivity index (χ0n) is 19.2. The van der Waals surface area contributed by atoms with Gasteiger partial charge in [0.05, 0.1) is 12.0 Å². The van der Waals surface area contributed by atoms with Crippen LogP contribution in [-0.2, 0) is 19.1 Å². The second-order valence-electron chi connectivity index (χ2n) is 9.09. The van der Waals surface area contributed by atoms with E-state index in [4.69, 9.17) is 9.47 Å². The lowest BCUT2D eigenvalue weighted by atomic mass is 9.86. The Balaban J connectivity index is 1.30. The van der Waals surface area contributed by atoms with E-state index in [0.717, 1.165) is 22.3 Å². The van der Waals surface area contributed by atoms with Gasteiger partial charge < -0.3 is 25.2 Å². The molecular formula is C26H30N2O6. The largest absolute Gasteiger partial charge is 0.481 e. The Morgan fingerprint density at radius 2 is 1.65 bits per heavy atom. The van der Waals surface area contributed by atoms with E-state index < -0.39 is 23.6 Å². The molecular weight excluding hydrogens is 436 g/mol. The number of fused-ring (bicyclic) bond motifs is 3. The average molecular weight is 467 g/mol. The van der Waals surface area contributed by atoms with Crippen LogP contribution in [0.25, 0.3) is 11.1 Å². The van der Waals surface area contributed by atoms with Crippen molar-refractivity contribution in [2.75, 3.05) is 19.8 Å². The molecule has 4 rings (SSSR count). The van der Waals surface area contributed by atoms with Crippen LogP contribution in [0.15, 0.2) is 48.5 Å². The van der Waals surface area contributed by atoms with Crippen molar-refractivity contribution < 1.29 is 29.0 Å². The molecule has 2 amide bonds. The van der Waals surface area contributed by atoms with E-state index in [1.54, 1.807) is 6.92 Å². The fourth-order valence-corrected chi connectivity index (χ4v) is 4.91. The number of amides is 2. The zero-order valence-corrected chi connectivity index (χ0v) is 19.2. The molecule has 1 atom stereocenters. The number of ether oxygens (including phenoxy) is 2. The first-order valence-electron chi connectivity index (χ1n) is 11.6. The van der Waals surface area contributed by atoms with E-state index in [2.05, 4.69) is 34.9 Å². The van der Waals surface area contributed by atoms with Crippen molar-refractivity contribution in [2.45, 2.75) is 50.1 Å². The summed E-state index contributed by atoms with van der Waals surface area (Å²) in [6, 6.07) is 15.7. The maximum absolute atomic E-state index is 12.6. The molecule has 3 N–H and O–H groups in total. The van der Waals surface area contributed by atoms with Crippen LogP contribution in [0.4, 0.5) is 4.79 Å². The number of carbonyl (C=O) groups is 3. The lowest BCUT2D eigenvalue weighted by Gasteiger charge is -2.37. The number of aliphatic carboxylic acids is 1. The molecule has 0 radical (unpaired) electrons. The number of benzene rings is 2. The van der Waals surface area contributed by atoms with Crippen molar-refractivity contribution in [3.8, 4) is 11.1 Å². The Morgan fingerprint density at radius 3 is 2.24 bits per heavy atom. The Hall–Kier alpha value is -3.39. The summed E-state index contributed by atoms with van der Waals surface area (Å²) in [6.07, 6.45) is 0.162. The fourth-order valence-electron chi connectivity index (χ4n) is 4.91. The molecule has 1 fully saturated rings. The van der Waals surface area contributed by atoms with Gasteiger partial charge in [-0.2, -0.15) is 0 Å². The summed E-state index contributed by atoms with van der Waals surface area (Å²) in [5.74, 6) is -1.32. The zero-order chi connectivity index (χ0) is 24.1. The first kappa shape index (κ1) is 23.8. The fraction of sp³-hybridized carbons (Fsp3) is 0.423. The minimum atomic E-state index is -0.966. The summed E-state index contributed by atoms with van der Waals surface area (Å²) in [5.41, 5.74) is 3.75. The smallest absolute Gasteiger partial charge is 0.407 e. The van der Waals surface area contributed by atoms with Crippen molar-refractivity contribution in [1.29, 1.82) is 0 Å². The Morgan fingerprint density at radius 1 is 1.06 bits per heavy atom. The molecule has 1 saturated heterocycles. The second-order valence-corrected chi connectivity index (χ2v) is 9.09. The highest BCUT2D eigenvalue weighted by Crippen LogP contribution is 2.44. The summed E-state index contributed by atoms with van der Waals surface area (Å²) in [6.45, 7) is 2.72. The van der Waals surface area contributed by atoms with Crippen LogP contribution < -0.4 is 10.6 Å². The first-order chi connectivity index (χ1) is 16.4. The van der Waals surface area contributed by atoms with Crippen LogP contribution in [-0.4, -0.2) is 54.5 Å². The van der Waals surface area contributed by atoms with E-state index in [0.29, 0.717) is 26.1 Å². The van der Waals surface area contributed by atoms with Gasteiger partial charge in [0, 0.05) is 31.6 Å². The summed E-state index contributed by atoms with van der Waals surface area (Å²) in [4.78, 5) is 36.3. The predicted octanol–water partition coefficient (Wildman–Crippen LogP) is 3.44. The van der Waals surface area contributed by atoms with E-state index in [9.17, 15) is 19.5 Å². The molecule has 2 aliphatic rings. The average Bonchev–Trinajstić information content (AvgIpc) is 3.11. The van der Waals surface area contributed by atoms with Crippen LogP contribution in [0.3, 0.4) is 0 Å². The van der Waals surface area contributed by atoms with E-state index >= 15 is 0 Å². The van der Waals surface area contributed by atoms with Crippen molar-refractivity contribution in [3.05, 3.63) is 59.7 Å². The number of nitrogens with one attached hydrogen (secondary N) is 2. The van der Waals surface area contributed by atoms with Gasteiger partial charge in [0.1, 0.15) is 6.61 Å². The predicted molar refractivity (Wildman–Crippen MR) is 125 cm³/mol. The van der Waals surface area contributed by atoms with E-state index in [1.165, 1.54) is 0 Å². The molecule has 180 valence electrons. The van der Waals surface area contributed by atoms with Crippen molar-refractivity contribution >= 4 is 18.0 Å². The summed E-state index contributed by atoms with van der Waals surface area (Å²) in [5, 5.41) is 14.8. The molecule has 1 aliphatic carbocycles. The molecule has 8 nitrogen and oxygen atoms in total. The van der Waals surface area contributed by atoms with Crippen LogP contribution in [0, 0.1) is 0 Å². The Labute approximate surface area is 198 Å². The number of rotatable bonds is 8. The van der Waals surface area contributed by atoms with Crippen molar-refractivity contribution in [1.82, 2.24) is 10.6 Å². The molecule has 1 heterocycles. The SMILES string of the molecule is C[C@H](CC(=O)NC1(CC(=O)O)CCOCC1)NC(=O)OCC1c2ccccc2-c2ccccc21. The minimum absolute atomic E-state index is 0.0203. The van der Waals surface area contributed by atoms with Crippen LogP contribution in [0.2, 0.25) is 0 Å². The number of carboxylic acids is 1. The summed E-state index contributed by atoms with van der Waals surface area (Å²) < 4.78 is 10.9. The molecule has 8 heteroatoms. The molecule has 34 heavy (non-hydrogen) atoms. The van der Waals surface area contributed by atoms with Crippen LogP contribution in [0.1, 0.15) is 49.7 Å². The molecule has 0 spiro atoms. The van der Waals surface area contributed by atoms with Gasteiger partial charge in [-0.3, -0.25) is 9.59 Å². The van der Waals surface area contributed by atoms with E-state index in [1.807, 2.05) is 24.3 Å². The molecule has 0 aromatic heterocycles. The number of hydrogen-bond acceptors (Lipinski definition) is 5. The highest BCUT2D eigenvalue weighted by molar-refractivity contribution is 5.80. The van der Waals surface area contributed by atoms with Gasteiger partial charge >= 0.3 is 12.1 Å². The highest BCUT2D eigenvalue weighted by atomic mass is 16.5. The maximum atomic E-state index is 12.6. The maximum Gasteiger partial charge on any atom is 0.407 e. The third kappa shape index (κ3) is 5.39. The number of carboxylic acid groups (broad SMARTS) is 1. The van der Waals surface area contributed by atoms with Gasteiger partial charge in [-0.05, 0) is 42.0 Å². The Bertz CT molecular complexity index is 1020. The third-order valence-corrected chi connectivity index (χ3v) is 6.54. The van der Waals surface area contributed by atoms with Gasteiger partial charge in [0.15, 0.2) is 0 Å².